The van der Waals surface area contributed by atoms with Crippen LogP contribution >= 0.6 is 12.4 Å². The first-order valence-corrected chi connectivity index (χ1v) is 9.12. The van der Waals surface area contributed by atoms with Crippen LogP contribution in [0.25, 0.3) is 10.9 Å². The zero-order valence-corrected chi connectivity index (χ0v) is 16.2. The first-order chi connectivity index (χ1) is 12.9. The number of benzene rings is 1. The third-order valence-corrected chi connectivity index (χ3v) is 5.50. The molecular formula is C18H23ClF2N4O3. The average molecular weight is 417 g/mol. The molecule has 1 aromatic carbocycles. The zero-order valence-electron chi connectivity index (χ0n) is 15.4. The summed E-state index contributed by atoms with van der Waals surface area (Å²) in [6.45, 7) is 1.74. The molecule has 2 heterocycles. The minimum absolute atomic E-state index is 0. The summed E-state index contributed by atoms with van der Waals surface area (Å²) in [5, 5.41) is -0.0193. The molecule has 3 N–H and O–H groups in total. The summed E-state index contributed by atoms with van der Waals surface area (Å²) in [5.74, 6) is -0.598. The van der Waals surface area contributed by atoms with E-state index in [2.05, 4.69) is 4.98 Å². The van der Waals surface area contributed by atoms with Crippen LogP contribution in [0.4, 0.5) is 14.5 Å². The van der Waals surface area contributed by atoms with E-state index in [9.17, 15) is 18.4 Å². The standard InChI is InChI=1S/C18H22F2N4O3.ClH/c1-9(21)10-4-5-23(7-10)15-13(20)6-12-14(16(15)27-8-19)24(11-2-3-11)18(26)22-17(12)25;/h6,9-11H,2-5,7-8,21H2,1H3,(H,22,25,26);1H/t9-,10?;/m0./s1. The number of nitrogens with two attached hydrogens (primary N) is 1. The minimum atomic E-state index is -1.19. The molecule has 1 saturated carbocycles. The Kier molecular flexibility index (Phi) is 5.67. The molecule has 0 bridgehead atoms. The smallest absolute Gasteiger partial charge is 0.329 e. The van der Waals surface area contributed by atoms with Crippen LogP contribution in [0.15, 0.2) is 15.7 Å². The predicted octanol–water partition coefficient (Wildman–Crippen LogP) is 2.06. The Hall–Kier alpha value is -2.13. The quantitative estimate of drug-likeness (QED) is 0.778. The van der Waals surface area contributed by atoms with Gasteiger partial charge in [-0.05, 0) is 38.2 Å². The van der Waals surface area contributed by atoms with E-state index in [0.717, 1.165) is 25.3 Å². The zero-order chi connectivity index (χ0) is 19.3. The maximum absolute atomic E-state index is 15.0. The van der Waals surface area contributed by atoms with Crippen molar-refractivity contribution in [3.8, 4) is 5.75 Å². The minimum Gasteiger partial charge on any atom is -0.458 e. The molecule has 2 fully saturated rings. The van der Waals surface area contributed by atoms with E-state index in [-0.39, 0.29) is 52.7 Å². The Labute approximate surface area is 165 Å². The highest BCUT2D eigenvalue weighted by molar-refractivity contribution is 5.91. The highest BCUT2D eigenvalue weighted by Crippen LogP contribution is 2.43. The lowest BCUT2D eigenvalue weighted by Crippen LogP contribution is -2.32. The average Bonchev–Trinajstić information content (AvgIpc) is 3.32. The fourth-order valence-corrected chi connectivity index (χ4v) is 3.93. The van der Waals surface area contributed by atoms with Gasteiger partial charge in [0, 0.05) is 25.2 Å². The number of fused-ring (bicyclic) bond motifs is 1. The van der Waals surface area contributed by atoms with Crippen molar-refractivity contribution in [1.82, 2.24) is 9.55 Å². The largest absolute Gasteiger partial charge is 0.458 e. The number of hydrogen-bond donors (Lipinski definition) is 2. The number of halogens is 3. The van der Waals surface area contributed by atoms with Crippen molar-refractivity contribution in [3.05, 3.63) is 32.7 Å². The van der Waals surface area contributed by atoms with Gasteiger partial charge in [-0.25, -0.2) is 13.6 Å². The second-order valence-electron chi connectivity index (χ2n) is 7.40. The van der Waals surface area contributed by atoms with E-state index in [0.29, 0.717) is 13.1 Å². The van der Waals surface area contributed by atoms with Gasteiger partial charge in [0.1, 0.15) is 11.2 Å². The maximum Gasteiger partial charge on any atom is 0.329 e. The van der Waals surface area contributed by atoms with Crippen LogP contribution in [0.3, 0.4) is 0 Å². The van der Waals surface area contributed by atoms with Crippen LogP contribution in [0, 0.1) is 11.7 Å². The molecule has 0 radical (unpaired) electrons. The Morgan fingerprint density at radius 3 is 2.64 bits per heavy atom. The van der Waals surface area contributed by atoms with Crippen LogP contribution in [0.1, 0.15) is 32.2 Å². The molecule has 28 heavy (non-hydrogen) atoms. The van der Waals surface area contributed by atoms with Gasteiger partial charge in [0.2, 0.25) is 6.86 Å². The van der Waals surface area contributed by atoms with Gasteiger partial charge in [-0.15, -0.1) is 12.4 Å². The van der Waals surface area contributed by atoms with Gasteiger partial charge in [0.25, 0.3) is 5.56 Å². The van der Waals surface area contributed by atoms with Gasteiger partial charge < -0.3 is 15.4 Å². The molecule has 2 atom stereocenters. The fraction of sp³-hybridized carbons (Fsp3) is 0.556. The molecule has 1 aliphatic carbocycles. The van der Waals surface area contributed by atoms with Crippen LogP contribution in [-0.2, 0) is 0 Å². The van der Waals surface area contributed by atoms with Gasteiger partial charge >= 0.3 is 5.69 Å². The monoisotopic (exact) mass is 416 g/mol. The van der Waals surface area contributed by atoms with Gasteiger partial charge in [-0.3, -0.25) is 14.3 Å². The number of H-pyrrole nitrogens is 1. The summed E-state index contributed by atoms with van der Waals surface area (Å²) in [4.78, 5) is 28.6. The number of aromatic amines is 1. The molecule has 1 unspecified atom stereocenters. The van der Waals surface area contributed by atoms with Gasteiger partial charge in [-0.2, -0.15) is 0 Å². The fourth-order valence-electron chi connectivity index (χ4n) is 3.93. The second-order valence-corrected chi connectivity index (χ2v) is 7.40. The molecule has 1 aromatic heterocycles. The third kappa shape index (κ3) is 3.37. The Balaban J connectivity index is 0.00000225. The Morgan fingerprint density at radius 2 is 2.07 bits per heavy atom. The number of rotatable bonds is 5. The molecule has 154 valence electrons. The summed E-state index contributed by atoms with van der Waals surface area (Å²) < 4.78 is 34.8. The van der Waals surface area contributed by atoms with Crippen molar-refractivity contribution in [2.45, 2.75) is 38.3 Å². The Bertz CT molecular complexity index is 1000. The van der Waals surface area contributed by atoms with Gasteiger partial charge in [0.05, 0.1) is 5.39 Å². The highest BCUT2D eigenvalue weighted by Gasteiger charge is 2.34. The molecule has 1 saturated heterocycles. The predicted molar refractivity (Wildman–Crippen MR) is 105 cm³/mol. The van der Waals surface area contributed by atoms with Crippen LogP contribution in [-0.4, -0.2) is 35.5 Å². The van der Waals surface area contributed by atoms with Crippen molar-refractivity contribution < 1.29 is 13.5 Å². The van der Waals surface area contributed by atoms with Crippen molar-refractivity contribution in [2.75, 3.05) is 24.9 Å². The summed E-state index contributed by atoms with van der Waals surface area (Å²) >= 11 is 0. The summed E-state index contributed by atoms with van der Waals surface area (Å²) in [5.41, 5.74) is 4.91. The Morgan fingerprint density at radius 1 is 1.36 bits per heavy atom. The van der Waals surface area contributed by atoms with Crippen LogP contribution < -0.4 is 26.6 Å². The van der Waals surface area contributed by atoms with Crippen molar-refractivity contribution >= 4 is 29.0 Å². The molecule has 2 aliphatic rings. The number of hydrogen-bond acceptors (Lipinski definition) is 5. The van der Waals surface area contributed by atoms with E-state index in [1.807, 2.05) is 6.92 Å². The number of nitrogens with one attached hydrogen (secondary N) is 1. The van der Waals surface area contributed by atoms with E-state index >= 15 is 0 Å². The summed E-state index contributed by atoms with van der Waals surface area (Å²) in [6.07, 6.45) is 2.30. The number of ether oxygens (including phenoxy) is 1. The SMILES string of the molecule is C[C@H](N)C1CCN(c2c(F)cc3c(=O)[nH]c(=O)n(C4CC4)c3c2OCF)C1.Cl. The maximum atomic E-state index is 15.0. The number of alkyl halides is 1. The van der Waals surface area contributed by atoms with Crippen LogP contribution in [0.2, 0.25) is 0 Å². The van der Waals surface area contributed by atoms with Crippen molar-refractivity contribution in [2.24, 2.45) is 11.7 Å². The number of aromatic nitrogens is 2. The van der Waals surface area contributed by atoms with Crippen molar-refractivity contribution in [1.29, 1.82) is 0 Å². The lowest BCUT2D eigenvalue weighted by atomic mass is 10.0. The molecule has 2 aromatic rings. The van der Waals surface area contributed by atoms with E-state index in [1.165, 1.54) is 4.57 Å². The molecule has 4 rings (SSSR count). The first-order valence-electron chi connectivity index (χ1n) is 9.12. The van der Waals surface area contributed by atoms with E-state index < -0.39 is 23.9 Å². The molecule has 10 heteroatoms. The molecule has 0 amide bonds. The topological polar surface area (TPSA) is 93.4 Å². The molecule has 0 spiro atoms. The first kappa shape index (κ1) is 20.6. The molecular weight excluding hydrogens is 394 g/mol. The molecule has 1 aliphatic heterocycles. The number of anilines is 1. The molecule has 7 nitrogen and oxygen atoms in total. The van der Waals surface area contributed by atoms with Gasteiger partial charge in [-0.1, -0.05) is 0 Å². The van der Waals surface area contributed by atoms with E-state index in [1.54, 1.807) is 4.90 Å². The van der Waals surface area contributed by atoms with Gasteiger partial charge in [0.15, 0.2) is 11.6 Å². The highest BCUT2D eigenvalue weighted by atomic mass is 35.5. The summed E-state index contributed by atoms with van der Waals surface area (Å²) in [6, 6.07) is 0.940. The lowest BCUT2D eigenvalue weighted by molar-refractivity contribution is 0.193. The number of nitrogens with zero attached hydrogens (tertiary/aromatic N) is 2. The third-order valence-electron chi connectivity index (χ3n) is 5.50. The van der Waals surface area contributed by atoms with E-state index in [4.69, 9.17) is 10.5 Å². The van der Waals surface area contributed by atoms with Crippen molar-refractivity contribution in [3.63, 3.8) is 0 Å². The summed E-state index contributed by atoms with van der Waals surface area (Å²) in [7, 11) is 0. The second kappa shape index (κ2) is 7.71. The van der Waals surface area contributed by atoms with Crippen LogP contribution in [0.5, 0.6) is 5.75 Å². The normalized spacial score (nSPS) is 20.3. The lowest BCUT2D eigenvalue weighted by Gasteiger charge is -2.25.